The molecule has 0 bridgehead atoms. The third kappa shape index (κ3) is 2.47. The molecule has 1 fully saturated rings. The standard InChI is InChI=1S/C14H18N4O3S/c1-14(2,3)9-7-10(19)18-12(15-9)22-13(16-18)17-6-4-5-8(17)11(20)21/h7-8H,4-6H2,1-3H3,(H,20,21). The van der Waals surface area contributed by atoms with E-state index in [0.29, 0.717) is 28.8 Å². The van der Waals surface area contributed by atoms with E-state index in [2.05, 4.69) is 10.1 Å². The van der Waals surface area contributed by atoms with E-state index < -0.39 is 12.0 Å². The van der Waals surface area contributed by atoms with Crippen molar-refractivity contribution in [1.29, 1.82) is 0 Å². The van der Waals surface area contributed by atoms with Gasteiger partial charge in [-0.1, -0.05) is 32.1 Å². The summed E-state index contributed by atoms with van der Waals surface area (Å²) >= 11 is 1.26. The number of nitrogens with zero attached hydrogens (tertiary/aromatic N) is 4. The molecule has 1 unspecified atom stereocenters. The number of carboxylic acids is 1. The molecule has 1 N–H and O–H groups in total. The van der Waals surface area contributed by atoms with E-state index in [-0.39, 0.29) is 11.0 Å². The first kappa shape index (κ1) is 15.0. The van der Waals surface area contributed by atoms with Gasteiger partial charge in [0, 0.05) is 18.0 Å². The van der Waals surface area contributed by atoms with Crippen molar-refractivity contribution < 1.29 is 9.90 Å². The Balaban J connectivity index is 2.09. The molecule has 2 aromatic rings. The maximum atomic E-state index is 12.2. The van der Waals surface area contributed by atoms with Crippen LogP contribution in [0.4, 0.5) is 5.13 Å². The molecule has 1 saturated heterocycles. The smallest absolute Gasteiger partial charge is 0.326 e. The molecule has 0 radical (unpaired) electrons. The lowest BCUT2D eigenvalue weighted by Crippen LogP contribution is -2.36. The number of aromatic nitrogens is 3. The van der Waals surface area contributed by atoms with Crippen LogP contribution in [-0.2, 0) is 10.2 Å². The van der Waals surface area contributed by atoms with E-state index in [9.17, 15) is 14.7 Å². The van der Waals surface area contributed by atoms with E-state index >= 15 is 0 Å². The van der Waals surface area contributed by atoms with Crippen molar-refractivity contribution in [3.8, 4) is 0 Å². The second-order valence-electron chi connectivity index (χ2n) is 6.50. The lowest BCUT2D eigenvalue weighted by Gasteiger charge is -2.19. The van der Waals surface area contributed by atoms with Crippen molar-refractivity contribution in [3.63, 3.8) is 0 Å². The number of anilines is 1. The highest BCUT2D eigenvalue weighted by Gasteiger charge is 2.33. The number of fused-ring (bicyclic) bond motifs is 1. The molecule has 7 nitrogen and oxygen atoms in total. The summed E-state index contributed by atoms with van der Waals surface area (Å²) in [6.07, 6.45) is 1.41. The Bertz CT molecular complexity index is 789. The van der Waals surface area contributed by atoms with Gasteiger partial charge in [-0.2, -0.15) is 4.52 Å². The SMILES string of the molecule is CC(C)(C)c1cc(=O)n2nc(N3CCCC3C(=O)O)sc2n1. The average molecular weight is 322 g/mol. The third-order valence-corrected chi connectivity index (χ3v) is 4.73. The number of aliphatic carboxylic acids is 1. The van der Waals surface area contributed by atoms with Gasteiger partial charge in [-0.25, -0.2) is 9.78 Å². The van der Waals surface area contributed by atoms with Gasteiger partial charge in [0.25, 0.3) is 5.56 Å². The highest BCUT2D eigenvalue weighted by molar-refractivity contribution is 7.20. The molecule has 22 heavy (non-hydrogen) atoms. The van der Waals surface area contributed by atoms with E-state index in [1.807, 2.05) is 20.8 Å². The lowest BCUT2D eigenvalue weighted by molar-refractivity contribution is -0.138. The van der Waals surface area contributed by atoms with Crippen molar-refractivity contribution in [3.05, 3.63) is 22.1 Å². The van der Waals surface area contributed by atoms with Crippen LogP contribution in [0.1, 0.15) is 39.3 Å². The van der Waals surface area contributed by atoms with Gasteiger partial charge < -0.3 is 10.0 Å². The van der Waals surface area contributed by atoms with Gasteiger partial charge in [-0.05, 0) is 12.8 Å². The highest BCUT2D eigenvalue weighted by Crippen LogP contribution is 2.30. The molecular formula is C14H18N4O3S. The second kappa shape index (κ2) is 5.05. The van der Waals surface area contributed by atoms with Crippen molar-refractivity contribution >= 4 is 27.4 Å². The second-order valence-corrected chi connectivity index (χ2v) is 7.43. The summed E-state index contributed by atoms with van der Waals surface area (Å²) in [4.78, 5) is 30.3. The molecule has 0 saturated carbocycles. The Morgan fingerprint density at radius 1 is 1.45 bits per heavy atom. The minimum Gasteiger partial charge on any atom is -0.480 e. The summed E-state index contributed by atoms with van der Waals surface area (Å²) in [5, 5.41) is 14.1. The van der Waals surface area contributed by atoms with E-state index in [1.165, 1.54) is 21.9 Å². The van der Waals surface area contributed by atoms with Crippen LogP contribution in [0.5, 0.6) is 0 Å². The molecule has 1 atom stereocenters. The first-order valence-corrected chi connectivity index (χ1v) is 8.00. The van der Waals surface area contributed by atoms with Gasteiger partial charge in [0.1, 0.15) is 6.04 Å². The Morgan fingerprint density at radius 2 is 2.18 bits per heavy atom. The molecule has 118 valence electrons. The molecule has 3 rings (SSSR count). The zero-order chi connectivity index (χ0) is 16.1. The Kier molecular flexibility index (Phi) is 3.43. The van der Waals surface area contributed by atoms with Crippen LogP contribution < -0.4 is 10.5 Å². The van der Waals surface area contributed by atoms with Crippen molar-refractivity contribution in [2.75, 3.05) is 11.4 Å². The Labute approximate surface area is 131 Å². The summed E-state index contributed by atoms with van der Waals surface area (Å²) in [5.41, 5.74) is 0.252. The molecule has 2 aromatic heterocycles. The lowest BCUT2D eigenvalue weighted by atomic mass is 9.92. The predicted octanol–water partition coefficient (Wildman–Crippen LogP) is 1.50. The number of hydrogen-bond acceptors (Lipinski definition) is 6. The number of carbonyl (C=O) groups is 1. The number of carboxylic acid groups (broad SMARTS) is 1. The van der Waals surface area contributed by atoms with Crippen LogP contribution in [0.25, 0.3) is 4.96 Å². The maximum Gasteiger partial charge on any atom is 0.326 e. The molecule has 8 heteroatoms. The molecule has 0 aliphatic carbocycles. The van der Waals surface area contributed by atoms with E-state index in [1.54, 1.807) is 4.90 Å². The van der Waals surface area contributed by atoms with Crippen LogP contribution in [0.3, 0.4) is 0 Å². The molecule has 0 spiro atoms. The minimum absolute atomic E-state index is 0.227. The van der Waals surface area contributed by atoms with E-state index in [4.69, 9.17) is 0 Å². The highest BCUT2D eigenvalue weighted by atomic mass is 32.1. The van der Waals surface area contributed by atoms with E-state index in [0.717, 1.165) is 6.42 Å². The van der Waals surface area contributed by atoms with Gasteiger partial charge >= 0.3 is 5.97 Å². The average Bonchev–Trinajstić information content (AvgIpc) is 3.03. The van der Waals surface area contributed by atoms with Crippen LogP contribution >= 0.6 is 11.3 Å². The molecule has 1 aliphatic rings. The molecule has 0 amide bonds. The summed E-state index contributed by atoms with van der Waals surface area (Å²) in [5.74, 6) is -0.854. The third-order valence-electron chi connectivity index (χ3n) is 3.79. The fourth-order valence-corrected chi connectivity index (χ4v) is 3.54. The zero-order valence-electron chi connectivity index (χ0n) is 12.7. The first-order chi connectivity index (χ1) is 10.3. The maximum absolute atomic E-state index is 12.2. The number of hydrogen-bond donors (Lipinski definition) is 1. The molecule has 3 heterocycles. The van der Waals surface area contributed by atoms with Crippen LogP contribution in [0.15, 0.2) is 10.9 Å². The fourth-order valence-electron chi connectivity index (χ4n) is 2.55. The zero-order valence-corrected chi connectivity index (χ0v) is 13.6. The van der Waals surface area contributed by atoms with Crippen molar-refractivity contribution in [1.82, 2.24) is 14.6 Å². The Morgan fingerprint density at radius 3 is 2.82 bits per heavy atom. The van der Waals surface area contributed by atoms with Gasteiger partial charge in [0.05, 0.1) is 5.69 Å². The summed E-state index contributed by atoms with van der Waals surface area (Å²) in [6, 6.07) is 0.924. The molecule has 0 aromatic carbocycles. The topological polar surface area (TPSA) is 87.8 Å². The first-order valence-electron chi connectivity index (χ1n) is 7.18. The van der Waals surface area contributed by atoms with Crippen LogP contribution in [0.2, 0.25) is 0 Å². The number of rotatable bonds is 2. The van der Waals surface area contributed by atoms with Crippen LogP contribution in [0, 0.1) is 0 Å². The quantitative estimate of drug-likeness (QED) is 0.901. The monoisotopic (exact) mass is 322 g/mol. The van der Waals surface area contributed by atoms with Crippen molar-refractivity contribution in [2.24, 2.45) is 0 Å². The summed E-state index contributed by atoms with van der Waals surface area (Å²) < 4.78 is 1.26. The van der Waals surface area contributed by atoms with Crippen molar-refractivity contribution in [2.45, 2.75) is 45.1 Å². The van der Waals surface area contributed by atoms with Gasteiger partial charge in [0.2, 0.25) is 10.1 Å². The van der Waals surface area contributed by atoms with Gasteiger partial charge in [-0.3, -0.25) is 4.79 Å². The minimum atomic E-state index is -0.854. The summed E-state index contributed by atoms with van der Waals surface area (Å²) in [6.45, 7) is 6.62. The molecular weight excluding hydrogens is 304 g/mol. The largest absolute Gasteiger partial charge is 0.480 e. The predicted molar refractivity (Wildman–Crippen MR) is 83.8 cm³/mol. The van der Waals surface area contributed by atoms with Gasteiger partial charge in [0.15, 0.2) is 0 Å². The summed E-state index contributed by atoms with van der Waals surface area (Å²) in [7, 11) is 0. The Hall–Kier alpha value is -1.96. The fraction of sp³-hybridized carbons (Fsp3) is 0.571. The normalized spacial score (nSPS) is 19.0. The van der Waals surface area contributed by atoms with Crippen LogP contribution in [-0.4, -0.2) is 38.3 Å². The molecule has 1 aliphatic heterocycles. The van der Waals surface area contributed by atoms with Gasteiger partial charge in [-0.15, -0.1) is 5.10 Å².